The summed E-state index contributed by atoms with van der Waals surface area (Å²) in [5.41, 5.74) is 0.842. The van der Waals surface area contributed by atoms with Crippen molar-refractivity contribution in [3.05, 3.63) is 35.4 Å². The van der Waals surface area contributed by atoms with E-state index >= 15 is 0 Å². The summed E-state index contributed by atoms with van der Waals surface area (Å²) >= 11 is 0. The van der Waals surface area contributed by atoms with Crippen molar-refractivity contribution in [2.24, 2.45) is 0 Å². The number of benzene rings is 1. The van der Waals surface area contributed by atoms with E-state index in [0.717, 1.165) is 18.4 Å². The Morgan fingerprint density at radius 3 is 2.73 bits per heavy atom. The number of esters is 1. The quantitative estimate of drug-likeness (QED) is 0.763. The molecule has 0 aliphatic heterocycles. The number of aliphatic hydroxyl groups is 1. The summed E-state index contributed by atoms with van der Waals surface area (Å²) in [5.74, 6) is -0.338. The van der Waals surface area contributed by atoms with Gasteiger partial charge >= 0.3 is 5.97 Å². The normalized spacial score (nSPS) is 17.2. The van der Waals surface area contributed by atoms with E-state index < -0.39 is 5.60 Å². The molecule has 3 heteroatoms. The molecule has 1 saturated carbocycles. The summed E-state index contributed by atoms with van der Waals surface area (Å²) < 4.78 is 4.69. The van der Waals surface area contributed by atoms with Crippen LogP contribution in [0.15, 0.2) is 24.3 Å². The van der Waals surface area contributed by atoms with Crippen molar-refractivity contribution in [2.75, 3.05) is 7.11 Å². The minimum Gasteiger partial charge on any atom is -0.465 e. The summed E-state index contributed by atoms with van der Waals surface area (Å²) in [7, 11) is 1.37. The van der Waals surface area contributed by atoms with E-state index in [4.69, 9.17) is 4.74 Å². The van der Waals surface area contributed by atoms with Gasteiger partial charge in [-0.15, -0.1) is 0 Å². The molecule has 15 heavy (non-hydrogen) atoms. The van der Waals surface area contributed by atoms with Gasteiger partial charge in [0, 0.05) is 6.42 Å². The van der Waals surface area contributed by atoms with Gasteiger partial charge in [-0.05, 0) is 24.5 Å². The molecule has 0 atom stereocenters. The molecular weight excluding hydrogens is 192 g/mol. The average Bonchev–Trinajstić information content (AvgIpc) is 2.96. The zero-order valence-electron chi connectivity index (χ0n) is 8.69. The number of ether oxygens (including phenoxy) is 1. The van der Waals surface area contributed by atoms with Gasteiger partial charge in [-0.3, -0.25) is 0 Å². The minimum atomic E-state index is -0.579. The fourth-order valence-corrected chi connectivity index (χ4v) is 1.66. The molecule has 0 heterocycles. The highest BCUT2D eigenvalue weighted by Gasteiger charge is 2.40. The van der Waals surface area contributed by atoms with E-state index in [1.807, 2.05) is 12.1 Å². The first-order chi connectivity index (χ1) is 7.14. The van der Waals surface area contributed by atoms with Crippen LogP contribution in [0.2, 0.25) is 0 Å². The highest BCUT2D eigenvalue weighted by molar-refractivity contribution is 5.91. The Hall–Kier alpha value is -1.35. The predicted molar refractivity (Wildman–Crippen MR) is 55.7 cm³/mol. The van der Waals surface area contributed by atoms with Gasteiger partial charge < -0.3 is 9.84 Å². The first-order valence-corrected chi connectivity index (χ1v) is 5.03. The summed E-state index contributed by atoms with van der Waals surface area (Å²) in [6, 6.07) is 7.26. The second-order valence-electron chi connectivity index (χ2n) is 4.05. The topological polar surface area (TPSA) is 46.5 Å². The zero-order chi connectivity index (χ0) is 10.9. The van der Waals surface area contributed by atoms with E-state index in [2.05, 4.69) is 0 Å². The largest absolute Gasteiger partial charge is 0.465 e. The Morgan fingerprint density at radius 1 is 1.47 bits per heavy atom. The van der Waals surface area contributed by atoms with Crippen LogP contribution < -0.4 is 0 Å². The third kappa shape index (κ3) is 2.18. The molecule has 1 aliphatic carbocycles. The Labute approximate surface area is 88.7 Å². The molecule has 1 fully saturated rings. The van der Waals surface area contributed by atoms with Gasteiger partial charge in [0.25, 0.3) is 0 Å². The van der Waals surface area contributed by atoms with Crippen LogP contribution >= 0.6 is 0 Å². The van der Waals surface area contributed by atoms with Crippen LogP contribution in [0.25, 0.3) is 0 Å². The fraction of sp³-hybridized carbons (Fsp3) is 0.417. The van der Waals surface area contributed by atoms with Gasteiger partial charge in [0.2, 0.25) is 0 Å². The lowest BCUT2D eigenvalue weighted by Crippen LogP contribution is -2.14. The van der Waals surface area contributed by atoms with Crippen molar-refractivity contribution < 1.29 is 14.6 Å². The first kappa shape index (κ1) is 10.2. The molecule has 1 aromatic rings. The SMILES string of the molecule is COC(=O)c1ccccc1CC1(O)CC1. The van der Waals surface area contributed by atoms with E-state index in [1.165, 1.54) is 7.11 Å². The van der Waals surface area contributed by atoms with Crippen molar-refractivity contribution in [3.8, 4) is 0 Å². The van der Waals surface area contributed by atoms with E-state index in [-0.39, 0.29) is 5.97 Å². The van der Waals surface area contributed by atoms with Crippen molar-refractivity contribution in [3.63, 3.8) is 0 Å². The molecule has 0 amide bonds. The van der Waals surface area contributed by atoms with Crippen molar-refractivity contribution in [1.29, 1.82) is 0 Å². The van der Waals surface area contributed by atoms with Crippen molar-refractivity contribution in [1.82, 2.24) is 0 Å². The molecule has 3 nitrogen and oxygen atoms in total. The fourth-order valence-electron chi connectivity index (χ4n) is 1.66. The summed E-state index contributed by atoms with van der Waals surface area (Å²) in [6.07, 6.45) is 2.18. The predicted octanol–water partition coefficient (Wildman–Crippen LogP) is 1.54. The van der Waals surface area contributed by atoms with Crippen LogP contribution in [0.4, 0.5) is 0 Å². The lowest BCUT2D eigenvalue weighted by atomic mass is 10.0. The Balaban J connectivity index is 2.25. The number of carbonyl (C=O) groups excluding carboxylic acids is 1. The van der Waals surface area contributed by atoms with Crippen molar-refractivity contribution in [2.45, 2.75) is 24.9 Å². The maximum absolute atomic E-state index is 11.4. The Kier molecular flexibility index (Phi) is 2.49. The lowest BCUT2D eigenvalue weighted by molar-refractivity contribution is 0.0598. The zero-order valence-corrected chi connectivity index (χ0v) is 8.69. The molecule has 0 aromatic heterocycles. The Bertz CT molecular complexity index is 380. The molecule has 2 rings (SSSR count). The van der Waals surface area contributed by atoms with Crippen LogP contribution in [0.5, 0.6) is 0 Å². The van der Waals surface area contributed by atoms with Crippen LogP contribution in [0.1, 0.15) is 28.8 Å². The van der Waals surface area contributed by atoms with Gasteiger partial charge in [-0.2, -0.15) is 0 Å². The van der Waals surface area contributed by atoms with Crippen LogP contribution in [0, 0.1) is 0 Å². The number of hydrogen-bond donors (Lipinski definition) is 1. The highest BCUT2D eigenvalue weighted by atomic mass is 16.5. The molecule has 0 bridgehead atoms. The Morgan fingerprint density at radius 2 is 2.13 bits per heavy atom. The smallest absolute Gasteiger partial charge is 0.338 e. The maximum atomic E-state index is 11.4. The van der Waals surface area contributed by atoms with Crippen LogP contribution in [-0.4, -0.2) is 23.8 Å². The van der Waals surface area contributed by atoms with Gasteiger partial charge in [-0.1, -0.05) is 18.2 Å². The first-order valence-electron chi connectivity index (χ1n) is 5.03. The van der Waals surface area contributed by atoms with E-state index in [0.29, 0.717) is 12.0 Å². The molecule has 1 N–H and O–H groups in total. The lowest BCUT2D eigenvalue weighted by Gasteiger charge is -2.11. The average molecular weight is 206 g/mol. The van der Waals surface area contributed by atoms with Gasteiger partial charge in [-0.25, -0.2) is 4.79 Å². The van der Waals surface area contributed by atoms with Gasteiger partial charge in [0.15, 0.2) is 0 Å². The minimum absolute atomic E-state index is 0.338. The third-order valence-corrected chi connectivity index (χ3v) is 2.77. The molecule has 0 radical (unpaired) electrons. The van der Waals surface area contributed by atoms with Gasteiger partial charge in [0.05, 0.1) is 18.3 Å². The molecule has 80 valence electrons. The number of methoxy groups -OCH3 is 1. The second-order valence-corrected chi connectivity index (χ2v) is 4.05. The number of hydrogen-bond acceptors (Lipinski definition) is 3. The van der Waals surface area contributed by atoms with Crippen molar-refractivity contribution >= 4 is 5.97 Å². The number of rotatable bonds is 3. The molecule has 1 aromatic carbocycles. The van der Waals surface area contributed by atoms with E-state index in [1.54, 1.807) is 12.1 Å². The molecular formula is C12H14O3. The monoisotopic (exact) mass is 206 g/mol. The maximum Gasteiger partial charge on any atom is 0.338 e. The summed E-state index contributed by atoms with van der Waals surface area (Å²) in [6.45, 7) is 0. The molecule has 1 aliphatic rings. The van der Waals surface area contributed by atoms with Crippen LogP contribution in [0.3, 0.4) is 0 Å². The third-order valence-electron chi connectivity index (χ3n) is 2.77. The molecule has 0 unspecified atom stereocenters. The van der Waals surface area contributed by atoms with Gasteiger partial charge in [0.1, 0.15) is 0 Å². The molecule has 0 saturated heterocycles. The highest BCUT2D eigenvalue weighted by Crippen LogP contribution is 2.38. The van der Waals surface area contributed by atoms with E-state index in [9.17, 15) is 9.90 Å². The molecule has 0 spiro atoms. The summed E-state index contributed by atoms with van der Waals surface area (Å²) in [5, 5.41) is 9.81. The van der Waals surface area contributed by atoms with Crippen LogP contribution in [-0.2, 0) is 11.2 Å². The number of carbonyl (C=O) groups is 1. The standard InChI is InChI=1S/C12H14O3/c1-15-11(13)10-5-3-2-4-9(10)8-12(14)6-7-12/h2-5,14H,6-8H2,1H3. The second kappa shape index (κ2) is 3.66. The summed E-state index contributed by atoms with van der Waals surface area (Å²) in [4.78, 5) is 11.4.